The second-order valence-electron chi connectivity index (χ2n) is 5.23. The smallest absolute Gasteiger partial charge is 0.331 e. The third-order valence-corrected chi connectivity index (χ3v) is 4.38. The van der Waals surface area contributed by atoms with Gasteiger partial charge in [0.1, 0.15) is 17.4 Å². The average molecular weight is 351 g/mol. The summed E-state index contributed by atoms with van der Waals surface area (Å²) in [4.78, 5) is 16.3. The Bertz CT molecular complexity index is 871. The highest BCUT2D eigenvalue weighted by Gasteiger charge is 2.07. The Morgan fingerprint density at radius 2 is 2.00 bits per heavy atom. The van der Waals surface area contributed by atoms with E-state index in [4.69, 9.17) is 9.47 Å². The summed E-state index contributed by atoms with van der Waals surface area (Å²) in [5.74, 6) is 0.395. The van der Waals surface area contributed by atoms with E-state index in [-0.39, 0.29) is 12.6 Å². The lowest BCUT2D eigenvalue weighted by Crippen LogP contribution is -2.00. The molecule has 2 aromatic carbocycles. The fourth-order valence-electron chi connectivity index (χ4n) is 2.18. The Hall–Kier alpha value is -2.92. The van der Waals surface area contributed by atoms with Crippen LogP contribution in [0.4, 0.5) is 0 Å². The maximum absolute atomic E-state index is 11.8. The van der Waals surface area contributed by atoms with Crippen LogP contribution in [0.25, 0.3) is 16.6 Å². The molecule has 0 unspecified atom stereocenters. The fraction of sp³-hybridized carbons (Fsp3) is 0.100. The molecule has 4 nitrogen and oxygen atoms in total. The second kappa shape index (κ2) is 8.26. The topological polar surface area (TPSA) is 48.4 Å². The van der Waals surface area contributed by atoms with Gasteiger partial charge in [0.25, 0.3) is 0 Å². The summed E-state index contributed by atoms with van der Waals surface area (Å²) in [6, 6.07) is 17.3. The van der Waals surface area contributed by atoms with Gasteiger partial charge in [0.05, 0.1) is 12.8 Å². The van der Waals surface area contributed by atoms with Crippen LogP contribution in [0.2, 0.25) is 0 Å². The number of hydrogen-bond donors (Lipinski definition) is 0. The van der Waals surface area contributed by atoms with Crippen LogP contribution in [-0.4, -0.2) is 18.1 Å². The lowest BCUT2D eigenvalue weighted by atomic mass is 10.2. The minimum absolute atomic E-state index is 0.151. The molecule has 0 aliphatic heterocycles. The van der Waals surface area contributed by atoms with Crippen molar-refractivity contribution in [1.29, 1.82) is 0 Å². The van der Waals surface area contributed by atoms with Gasteiger partial charge >= 0.3 is 5.97 Å². The van der Waals surface area contributed by atoms with Gasteiger partial charge in [-0.25, -0.2) is 9.78 Å². The molecular weight excluding hydrogens is 334 g/mol. The number of aromatic nitrogens is 1. The maximum atomic E-state index is 11.8. The third-order valence-electron chi connectivity index (χ3n) is 3.44. The van der Waals surface area contributed by atoms with Crippen LogP contribution in [-0.2, 0) is 16.1 Å². The van der Waals surface area contributed by atoms with E-state index in [2.05, 4.69) is 4.98 Å². The van der Waals surface area contributed by atoms with E-state index in [1.807, 2.05) is 60.0 Å². The van der Waals surface area contributed by atoms with Crippen molar-refractivity contribution in [2.75, 3.05) is 7.11 Å². The number of carbonyl (C=O) groups is 1. The highest BCUT2D eigenvalue weighted by molar-refractivity contribution is 7.13. The first-order valence-corrected chi connectivity index (χ1v) is 8.61. The minimum Gasteiger partial charge on any atom is -0.497 e. The molecule has 0 bridgehead atoms. The van der Waals surface area contributed by atoms with Crippen LogP contribution in [0.1, 0.15) is 11.3 Å². The molecule has 0 atom stereocenters. The van der Waals surface area contributed by atoms with Gasteiger partial charge in [0, 0.05) is 17.0 Å². The molecule has 0 fully saturated rings. The molecule has 0 amide bonds. The molecule has 0 saturated heterocycles. The van der Waals surface area contributed by atoms with Crippen molar-refractivity contribution in [3.8, 4) is 16.3 Å². The third kappa shape index (κ3) is 4.78. The van der Waals surface area contributed by atoms with Gasteiger partial charge in [0.2, 0.25) is 0 Å². The van der Waals surface area contributed by atoms with Crippen LogP contribution >= 0.6 is 11.3 Å². The predicted molar refractivity (Wildman–Crippen MR) is 99.4 cm³/mol. The number of benzene rings is 2. The highest BCUT2D eigenvalue weighted by atomic mass is 32.1. The quantitative estimate of drug-likeness (QED) is 0.482. The van der Waals surface area contributed by atoms with Gasteiger partial charge in [-0.05, 0) is 23.8 Å². The molecule has 0 saturated carbocycles. The molecule has 126 valence electrons. The summed E-state index contributed by atoms with van der Waals surface area (Å²) < 4.78 is 10.5. The van der Waals surface area contributed by atoms with Gasteiger partial charge in [-0.15, -0.1) is 11.3 Å². The number of rotatable bonds is 6. The van der Waals surface area contributed by atoms with E-state index in [9.17, 15) is 4.79 Å². The normalized spacial score (nSPS) is 10.8. The molecule has 0 N–H and O–H groups in total. The molecule has 1 heterocycles. The van der Waals surface area contributed by atoms with Crippen molar-refractivity contribution in [2.45, 2.75) is 6.61 Å². The van der Waals surface area contributed by atoms with Crippen molar-refractivity contribution in [3.05, 3.63) is 77.3 Å². The Balaban J connectivity index is 1.58. The largest absolute Gasteiger partial charge is 0.497 e. The molecule has 1 aromatic heterocycles. The number of hydrogen-bond acceptors (Lipinski definition) is 5. The molecule has 0 radical (unpaired) electrons. The molecule has 0 aliphatic rings. The van der Waals surface area contributed by atoms with Gasteiger partial charge < -0.3 is 9.47 Å². The van der Waals surface area contributed by atoms with Crippen LogP contribution in [0.15, 0.2) is 66.1 Å². The summed E-state index contributed by atoms with van der Waals surface area (Å²) in [5.41, 5.74) is 2.66. The number of carbonyl (C=O) groups excluding carboxylic acids is 1. The Kier molecular flexibility index (Phi) is 5.59. The summed E-state index contributed by atoms with van der Waals surface area (Å²) in [5, 5.41) is 2.76. The summed E-state index contributed by atoms with van der Waals surface area (Å²) in [7, 11) is 1.63. The van der Waals surface area contributed by atoms with Crippen molar-refractivity contribution in [3.63, 3.8) is 0 Å². The first-order chi connectivity index (χ1) is 12.2. The monoisotopic (exact) mass is 351 g/mol. The average Bonchev–Trinajstić information content (AvgIpc) is 3.15. The SMILES string of the molecule is COc1cccc(-c2nc(COC(=O)/C=C/c3ccccc3)cs2)c1. The number of esters is 1. The van der Waals surface area contributed by atoms with E-state index < -0.39 is 0 Å². The fourth-order valence-corrected chi connectivity index (χ4v) is 2.98. The first kappa shape index (κ1) is 16.9. The van der Waals surface area contributed by atoms with Crippen LogP contribution < -0.4 is 4.74 Å². The Morgan fingerprint density at radius 1 is 1.16 bits per heavy atom. The van der Waals surface area contributed by atoms with Crippen molar-refractivity contribution >= 4 is 23.4 Å². The number of ether oxygens (including phenoxy) is 2. The van der Waals surface area contributed by atoms with E-state index in [1.54, 1.807) is 13.2 Å². The zero-order valence-corrected chi connectivity index (χ0v) is 14.5. The standard InChI is InChI=1S/C20H17NO3S/c1-23-18-9-5-8-16(12-18)20-21-17(14-25-20)13-24-19(22)11-10-15-6-3-2-4-7-15/h2-12,14H,13H2,1H3/b11-10+. The van der Waals surface area contributed by atoms with Crippen molar-refractivity contribution in [1.82, 2.24) is 4.98 Å². The Morgan fingerprint density at radius 3 is 2.80 bits per heavy atom. The molecule has 25 heavy (non-hydrogen) atoms. The zero-order chi connectivity index (χ0) is 17.5. The molecule has 5 heteroatoms. The van der Waals surface area contributed by atoms with Crippen molar-refractivity contribution in [2.24, 2.45) is 0 Å². The molecule has 3 rings (SSSR count). The highest BCUT2D eigenvalue weighted by Crippen LogP contribution is 2.27. The summed E-state index contributed by atoms with van der Waals surface area (Å²) in [6.07, 6.45) is 3.15. The summed E-state index contributed by atoms with van der Waals surface area (Å²) >= 11 is 1.51. The predicted octanol–water partition coefficient (Wildman–Crippen LogP) is 4.58. The summed E-state index contributed by atoms with van der Waals surface area (Å²) in [6.45, 7) is 0.151. The molecule has 3 aromatic rings. The lowest BCUT2D eigenvalue weighted by molar-refractivity contribution is -0.139. The van der Waals surface area contributed by atoms with Crippen LogP contribution in [0.3, 0.4) is 0 Å². The minimum atomic E-state index is -0.389. The number of nitrogens with zero attached hydrogens (tertiary/aromatic N) is 1. The van der Waals surface area contributed by atoms with E-state index in [0.717, 1.165) is 27.6 Å². The van der Waals surface area contributed by atoms with Gasteiger partial charge in [-0.3, -0.25) is 0 Å². The van der Waals surface area contributed by atoms with Crippen LogP contribution in [0, 0.1) is 0 Å². The number of methoxy groups -OCH3 is 1. The molecule has 0 aliphatic carbocycles. The van der Waals surface area contributed by atoms with E-state index in [0.29, 0.717) is 0 Å². The van der Waals surface area contributed by atoms with E-state index in [1.165, 1.54) is 17.4 Å². The van der Waals surface area contributed by atoms with Gasteiger partial charge in [0.15, 0.2) is 0 Å². The second-order valence-corrected chi connectivity index (χ2v) is 6.09. The first-order valence-electron chi connectivity index (χ1n) is 7.73. The number of thiazole rings is 1. The van der Waals surface area contributed by atoms with Gasteiger partial charge in [-0.2, -0.15) is 0 Å². The lowest BCUT2D eigenvalue weighted by Gasteiger charge is -2.01. The van der Waals surface area contributed by atoms with E-state index >= 15 is 0 Å². The maximum Gasteiger partial charge on any atom is 0.331 e. The Labute approximate surface area is 150 Å². The zero-order valence-electron chi connectivity index (χ0n) is 13.7. The van der Waals surface area contributed by atoms with Crippen LogP contribution in [0.5, 0.6) is 5.75 Å². The molecular formula is C20H17NO3S. The van der Waals surface area contributed by atoms with Crippen molar-refractivity contribution < 1.29 is 14.3 Å². The molecule has 0 spiro atoms. The van der Waals surface area contributed by atoms with Gasteiger partial charge in [-0.1, -0.05) is 42.5 Å².